The second-order valence-electron chi connectivity index (χ2n) is 28.4. The topological polar surface area (TPSA) is 474 Å². The van der Waals surface area contributed by atoms with E-state index < -0.39 is 157 Å². The third-order valence-corrected chi connectivity index (χ3v) is 19.4. The van der Waals surface area contributed by atoms with Crippen LogP contribution in [-0.2, 0) is 101 Å². The van der Waals surface area contributed by atoms with Crippen LogP contribution in [0.1, 0.15) is 132 Å². The summed E-state index contributed by atoms with van der Waals surface area (Å²) in [5, 5.41) is 23.5. The molecule has 2 amide bonds. The minimum atomic E-state index is -3.93. The molecule has 1 unspecified atom stereocenters. The normalized spacial score (nSPS) is 10.6. The van der Waals surface area contributed by atoms with Crippen LogP contribution in [0, 0.1) is 120 Å². The number of anilines is 4. The number of fused-ring (bicyclic) bond motifs is 4. The van der Waals surface area contributed by atoms with Gasteiger partial charge in [0, 0.05) is 212 Å². The molecule has 54 heteroatoms. The van der Waals surface area contributed by atoms with Crippen molar-refractivity contribution in [1.82, 2.24) is 39.5 Å². The standard InChI is InChI=1S/C12H9F3N2O2.C12H12F3NO2.C11H10F3N3O.C11H9F3N2O.C10H7F3N2O.C9H9FINO.C7H7FIN.C7H8FN.C4H5BrF2O2.C4H6O3.CH4.CH3.H4N2.H2O.H3P.U/c1-6(18)12(14,15)9-3-8-5-16-17(7(2)19)11(8)4-10(9)13;1-6-4-9(12(14,15)7(2)17)10(13)5-11(6)16-8(3)18;1-17-5-6-2-7(8(12)3-9(6)16-17)11(13,14)10(18)4-15;1-6(17)11(13,14)8-3-7-5-16(2)15-10(7)4-9(8)12;1-5(16)10(12,13)7-2-6-4-14-15-9(6)3-8(7)11;1-5-3-8(11)7(10)4-9(5)12-6(2)13;1-4-2-6(9)5(8)3-7(4)10;1-5-2-3-6(8)4-7(5)9;1-2-9-3(8)4(5,6)7;1-3(5)7-4(2)6;;;1-2;;;/h3-5H,1-2H3;4-5H,1-3H3,(H,16,18);2-3,5H,4,15H2,1H3;3-5H,1-2H3;2-4H,1H3,(H,14,15);3-4H,1-2H3,(H,12,13);2-3H,10H2,1H3;2-4H,9H2,1H3;2H2,1H3;1-2H3;1H4;1H3;1-2H2;1H2;1H3;/q;;;;;;;;;;;-1;;;;. The molecule has 8 aromatic carbocycles. The number of aromatic nitrogens is 8. The van der Waals surface area contributed by atoms with E-state index in [0.717, 1.165) is 102 Å². The molecule has 29 nitrogen and oxygen atoms in total. The van der Waals surface area contributed by atoms with Gasteiger partial charge in [-0.05, 0) is 175 Å². The molecule has 143 heavy (non-hydrogen) atoms. The molecule has 12 aromatic rings. The van der Waals surface area contributed by atoms with Crippen LogP contribution in [0.5, 0.6) is 0 Å². The van der Waals surface area contributed by atoms with Gasteiger partial charge in [-0.25, -0.2) is 44.6 Å². The van der Waals surface area contributed by atoms with Gasteiger partial charge in [-0.3, -0.25) is 74.1 Å². The average Bonchev–Trinajstić information content (AvgIpc) is 1.58. The summed E-state index contributed by atoms with van der Waals surface area (Å²) in [6, 6.07) is 19.2. The number of aromatic amines is 1. The Morgan fingerprint density at radius 1 is 0.469 bits per heavy atom. The molecule has 0 spiro atoms. The Morgan fingerprint density at radius 3 is 1.17 bits per heavy atom. The predicted molar refractivity (Wildman–Crippen MR) is 516 cm³/mol. The summed E-state index contributed by atoms with van der Waals surface area (Å²) in [4.78, 5) is 113. The molecule has 0 radical (unpaired) electrons. The van der Waals surface area contributed by atoms with Crippen LogP contribution in [0.3, 0.4) is 0 Å². The van der Waals surface area contributed by atoms with Crippen molar-refractivity contribution in [3.05, 3.63) is 239 Å². The van der Waals surface area contributed by atoms with Crippen molar-refractivity contribution in [3.8, 4) is 0 Å². The Morgan fingerprint density at radius 2 is 0.818 bits per heavy atom. The van der Waals surface area contributed by atoms with Gasteiger partial charge in [0.1, 0.15) is 46.5 Å². The van der Waals surface area contributed by atoms with E-state index in [4.69, 9.17) is 17.2 Å². The first kappa shape index (κ1) is 138. The molecule has 4 heterocycles. The minimum Gasteiger partial charge on any atom is -0.461 e. The van der Waals surface area contributed by atoms with Crippen molar-refractivity contribution in [2.45, 2.75) is 139 Å². The van der Waals surface area contributed by atoms with Gasteiger partial charge in [0.25, 0.3) is 0 Å². The zero-order valence-corrected chi connectivity index (χ0v) is 89.2. The van der Waals surface area contributed by atoms with Crippen molar-refractivity contribution in [2.75, 3.05) is 35.3 Å². The number of hydrogen-bond acceptors (Lipinski definition) is 22. The molecule has 0 bridgehead atoms. The number of esters is 3. The fraction of sp³-hybridized carbons (Fsp3) is 0.281. The number of ether oxygens (including phenoxy) is 2. The van der Waals surface area contributed by atoms with Gasteiger partial charge in [-0.15, -0.1) is 0 Å². The number of halogens is 23. The predicted octanol–water partition coefficient (Wildman–Crippen LogP) is 18.9. The Hall–Kier alpha value is -11.3. The molecule has 0 aliphatic carbocycles. The number of nitrogen functional groups attached to an aromatic ring is 2. The SMILES string of the molecule is C.CC(=O)C(F)(F)c1cc2cn(C)nc2cc1F.CC(=O)C(F)(F)c1cc2cn[nH]c2cc1F.CC(=O)Nc1cc(F)c(C(F)(F)C(C)=O)cc1C.CC(=O)Nc1cc(F)c(I)cc1C.CC(=O)OC(C)=O.CC(=O)n1ncc2cc(C(F)(F)C(C)=O)c(F)cc21.CCOC(=O)C(F)(F)Br.Cc1cc(I)c(F)cc1N.Cc1ccc(F)cc1N.Cn1cc2cc(C(F)(F)C(=O)CN)c(F)cc2n1.NN.O.P.[CH3-].[U]. The van der Waals surface area contributed by atoms with E-state index in [9.17, 15) is 141 Å². The molecule has 0 fully saturated rings. The maximum absolute atomic E-state index is 13.7. The zero-order chi connectivity index (χ0) is 107. The minimum absolute atomic E-state index is 0. The molecule has 1 atom stereocenters. The number of nitrogens with zero attached hydrogens (tertiary/aromatic N) is 7. The van der Waals surface area contributed by atoms with Crippen LogP contribution in [0.25, 0.3) is 43.6 Å². The third kappa shape index (κ3) is 40.3. The number of rotatable bonds is 15. The van der Waals surface area contributed by atoms with Crippen molar-refractivity contribution in [1.29, 1.82) is 0 Å². The number of amides is 2. The van der Waals surface area contributed by atoms with E-state index in [1.165, 1.54) is 101 Å². The third-order valence-electron chi connectivity index (χ3n) is 17.4. The number of carbonyl (C=O) groups is 11. The van der Waals surface area contributed by atoms with Crippen LogP contribution in [0.15, 0.2) is 128 Å². The summed E-state index contributed by atoms with van der Waals surface area (Å²) in [5.41, 5.74) is 16.4. The van der Waals surface area contributed by atoms with Crippen LogP contribution in [0.4, 0.5) is 111 Å². The average molecular weight is 2580 g/mol. The largest absolute Gasteiger partial charge is 0.461 e. The number of aryl methyl sites for hydroxylation is 6. The van der Waals surface area contributed by atoms with Crippen molar-refractivity contribution < 1.29 is 187 Å². The molecule has 0 saturated carbocycles. The molecular formula is C89H98BrF20I2N15O14PU-. The number of ketones is 5. The van der Waals surface area contributed by atoms with E-state index in [2.05, 4.69) is 57.3 Å². The number of H-pyrrole nitrogens is 1. The monoisotopic (exact) mass is 2580 g/mol. The Balaban J connectivity index is -0.000000756. The van der Waals surface area contributed by atoms with E-state index in [1.54, 1.807) is 32.3 Å². The van der Waals surface area contributed by atoms with Gasteiger partial charge in [-0.2, -0.15) is 83.0 Å². The van der Waals surface area contributed by atoms with Gasteiger partial charge >= 0.3 is 52.4 Å². The van der Waals surface area contributed by atoms with Crippen LogP contribution < -0.4 is 39.5 Å². The smallest absolute Gasteiger partial charge is 0.395 e. The summed E-state index contributed by atoms with van der Waals surface area (Å²) in [7, 11) is 3.18. The molecular weight excluding hydrogens is 2490 g/mol. The number of hydrogen-bond donors (Lipinski definition) is 8. The Kier molecular flexibility index (Phi) is 57.7. The second-order valence-corrected chi connectivity index (χ2v) is 31.7. The summed E-state index contributed by atoms with van der Waals surface area (Å²) in [5.74, 6) is -29.1. The van der Waals surface area contributed by atoms with E-state index >= 15 is 0 Å². The van der Waals surface area contributed by atoms with Crippen molar-refractivity contribution >= 4 is 202 Å². The van der Waals surface area contributed by atoms with Gasteiger partial charge in [0.05, 0.1) is 75.4 Å². The van der Waals surface area contributed by atoms with Crippen LogP contribution in [-0.4, -0.2) is 128 Å². The first-order chi connectivity index (χ1) is 63.4. The summed E-state index contributed by atoms with van der Waals surface area (Å²) in [6.45, 7) is 16.5. The maximum Gasteiger partial charge on any atom is 0.395 e. The van der Waals surface area contributed by atoms with Crippen LogP contribution >= 0.6 is 71.0 Å². The van der Waals surface area contributed by atoms with Gasteiger partial charge in [-0.1, -0.05) is 13.5 Å². The second kappa shape index (κ2) is 59.8. The fourth-order valence-corrected chi connectivity index (χ4v) is 11.9. The number of alkyl halides is 13. The quantitative estimate of drug-likeness (QED) is 0.00451. The molecule has 0 saturated heterocycles. The summed E-state index contributed by atoms with van der Waals surface area (Å²) < 4.78 is 277. The number of benzene rings is 8. The molecule has 12 rings (SSSR count). The van der Waals surface area contributed by atoms with E-state index in [-0.39, 0.29) is 124 Å². The van der Waals surface area contributed by atoms with E-state index in [1.807, 2.05) is 81.9 Å². The number of nitrogens with one attached hydrogen (secondary N) is 3. The van der Waals surface area contributed by atoms with E-state index in [0.29, 0.717) is 59.7 Å². The Bertz CT molecular complexity index is 6430. The fourth-order valence-electron chi connectivity index (χ4n) is 10.5. The molecule has 15 N–H and O–H groups in total. The van der Waals surface area contributed by atoms with Gasteiger partial charge in [0.15, 0.2) is 0 Å². The van der Waals surface area contributed by atoms with Crippen molar-refractivity contribution in [3.63, 3.8) is 0 Å². The number of Topliss-reactive ketones (excluding diaryl/α,β-unsaturated/α-hetero) is 5. The Labute approximate surface area is 866 Å². The number of nitrogens with two attached hydrogens (primary N) is 5. The first-order valence-corrected chi connectivity index (χ1v) is 41.4. The maximum atomic E-state index is 13.7. The molecule has 0 aliphatic heterocycles. The van der Waals surface area contributed by atoms with Crippen LogP contribution in [0.2, 0.25) is 0 Å². The van der Waals surface area contributed by atoms with Gasteiger partial charge in [0.2, 0.25) is 46.6 Å². The van der Waals surface area contributed by atoms with Gasteiger partial charge < -0.3 is 50.2 Å². The number of carbonyl (C=O) groups excluding carboxylic acids is 11. The van der Waals surface area contributed by atoms with Crippen molar-refractivity contribution in [2.24, 2.45) is 31.5 Å². The molecule has 784 valence electrons. The summed E-state index contributed by atoms with van der Waals surface area (Å²) >= 11 is 5.69. The zero-order valence-electron chi connectivity index (χ0n) is 77.8. The first-order valence-electron chi connectivity index (χ1n) is 38.5. The number of hydrazine groups is 1. The summed E-state index contributed by atoms with van der Waals surface area (Å²) in [6.07, 6.45) is 5.39. The molecule has 0 aliphatic rings. The molecule has 4 aromatic heterocycles.